The number of aryl methyl sites for hydroxylation is 1. The van der Waals surface area contributed by atoms with E-state index in [2.05, 4.69) is 56.9 Å². The van der Waals surface area contributed by atoms with Gasteiger partial charge in [-0.1, -0.05) is 37.3 Å². The van der Waals surface area contributed by atoms with E-state index in [9.17, 15) is 0 Å². The molecular weight excluding hydrogens is 182 g/mol. The molecule has 1 aromatic rings. The summed E-state index contributed by atoms with van der Waals surface area (Å²) in [6.45, 7) is 11.2. The van der Waals surface area contributed by atoms with Crippen molar-refractivity contribution in [1.29, 1.82) is 0 Å². The fourth-order valence-corrected chi connectivity index (χ4v) is 1.90. The minimum Gasteiger partial charge on any atom is -0.304 e. The van der Waals surface area contributed by atoms with Crippen LogP contribution in [0.2, 0.25) is 0 Å². The Balaban J connectivity index is 2.99. The van der Waals surface area contributed by atoms with Gasteiger partial charge in [0.1, 0.15) is 0 Å². The van der Waals surface area contributed by atoms with Gasteiger partial charge in [-0.3, -0.25) is 0 Å². The van der Waals surface area contributed by atoms with Crippen molar-refractivity contribution in [3.8, 4) is 0 Å². The van der Waals surface area contributed by atoms with E-state index in [1.54, 1.807) is 0 Å². The number of nitrogens with one attached hydrogen (secondary N) is 1. The Hall–Kier alpha value is -1.08. The highest BCUT2D eigenvalue weighted by molar-refractivity contribution is 5.32. The molecule has 0 fully saturated rings. The van der Waals surface area contributed by atoms with Crippen LogP contribution in [0, 0.1) is 6.92 Å². The number of hydrogen-bond donors (Lipinski definition) is 1. The van der Waals surface area contributed by atoms with Crippen LogP contribution in [-0.4, -0.2) is 6.54 Å². The fourth-order valence-electron chi connectivity index (χ4n) is 1.90. The minimum absolute atomic E-state index is 0.0551. The molecule has 0 saturated heterocycles. The van der Waals surface area contributed by atoms with Gasteiger partial charge >= 0.3 is 0 Å². The molecule has 0 aliphatic rings. The average molecular weight is 203 g/mol. The number of hydrogen-bond acceptors (Lipinski definition) is 1. The van der Waals surface area contributed by atoms with Crippen LogP contribution < -0.4 is 5.32 Å². The lowest BCUT2D eigenvalue weighted by Crippen LogP contribution is -2.39. The van der Waals surface area contributed by atoms with E-state index in [1.165, 1.54) is 11.1 Å². The normalized spacial score (nSPS) is 14.6. The summed E-state index contributed by atoms with van der Waals surface area (Å²) < 4.78 is 0. The highest BCUT2D eigenvalue weighted by atomic mass is 15.0. The maximum Gasteiger partial charge on any atom is 0.0408 e. The second-order valence-electron chi connectivity index (χ2n) is 4.17. The molecule has 0 spiro atoms. The Morgan fingerprint density at radius 1 is 1.40 bits per heavy atom. The maximum absolute atomic E-state index is 3.75. The highest BCUT2D eigenvalue weighted by Crippen LogP contribution is 2.26. The maximum atomic E-state index is 3.75. The highest BCUT2D eigenvalue weighted by Gasteiger charge is 2.24. The lowest BCUT2D eigenvalue weighted by Gasteiger charge is -2.31. The van der Waals surface area contributed by atoms with Crippen molar-refractivity contribution in [2.75, 3.05) is 6.54 Å². The largest absolute Gasteiger partial charge is 0.304 e. The standard InChI is InChI=1S/C14H21N/c1-5-11-15-14(4,6-2)13-10-8-7-9-12(13)3/h5,7-10,15H,1,6,11H2,2-4H3. The quantitative estimate of drug-likeness (QED) is 0.723. The molecule has 0 amide bonds. The Morgan fingerprint density at radius 2 is 2.07 bits per heavy atom. The SMILES string of the molecule is C=CCNC(C)(CC)c1ccccc1C. The molecular formula is C14H21N. The molecule has 15 heavy (non-hydrogen) atoms. The molecule has 1 rings (SSSR count). The predicted molar refractivity (Wildman–Crippen MR) is 67.0 cm³/mol. The summed E-state index contributed by atoms with van der Waals surface area (Å²) in [5.74, 6) is 0. The van der Waals surface area contributed by atoms with Crippen molar-refractivity contribution < 1.29 is 0 Å². The summed E-state index contributed by atoms with van der Waals surface area (Å²) in [5, 5.41) is 3.53. The first-order valence-corrected chi connectivity index (χ1v) is 5.56. The zero-order valence-electron chi connectivity index (χ0n) is 10.0. The zero-order valence-corrected chi connectivity index (χ0v) is 10.0. The molecule has 82 valence electrons. The zero-order chi connectivity index (χ0) is 11.3. The van der Waals surface area contributed by atoms with Crippen LogP contribution in [0.5, 0.6) is 0 Å². The topological polar surface area (TPSA) is 12.0 Å². The first kappa shape index (κ1) is 12.0. The van der Waals surface area contributed by atoms with Gasteiger partial charge in [-0.25, -0.2) is 0 Å². The van der Waals surface area contributed by atoms with Crippen molar-refractivity contribution in [3.05, 3.63) is 48.0 Å². The number of rotatable bonds is 5. The van der Waals surface area contributed by atoms with E-state index in [1.807, 2.05) is 6.08 Å². The van der Waals surface area contributed by atoms with E-state index in [0.717, 1.165) is 13.0 Å². The van der Waals surface area contributed by atoms with Gasteiger partial charge in [-0.05, 0) is 31.4 Å². The van der Waals surface area contributed by atoms with Crippen molar-refractivity contribution in [2.24, 2.45) is 0 Å². The molecule has 0 aliphatic carbocycles. The summed E-state index contributed by atoms with van der Waals surface area (Å²) in [6.07, 6.45) is 2.98. The molecule has 1 aromatic carbocycles. The van der Waals surface area contributed by atoms with Gasteiger partial charge in [0, 0.05) is 12.1 Å². The molecule has 1 heteroatoms. The van der Waals surface area contributed by atoms with E-state index < -0.39 is 0 Å². The second kappa shape index (κ2) is 5.13. The van der Waals surface area contributed by atoms with Crippen LogP contribution in [0.25, 0.3) is 0 Å². The molecule has 1 unspecified atom stereocenters. The van der Waals surface area contributed by atoms with Crippen LogP contribution >= 0.6 is 0 Å². The van der Waals surface area contributed by atoms with Crippen LogP contribution in [-0.2, 0) is 5.54 Å². The molecule has 1 nitrogen and oxygen atoms in total. The predicted octanol–water partition coefficient (Wildman–Crippen LogP) is 3.40. The van der Waals surface area contributed by atoms with Gasteiger partial charge in [0.25, 0.3) is 0 Å². The van der Waals surface area contributed by atoms with Gasteiger partial charge in [-0.15, -0.1) is 6.58 Å². The van der Waals surface area contributed by atoms with E-state index in [-0.39, 0.29) is 5.54 Å². The Labute approximate surface area is 93.2 Å². The number of benzene rings is 1. The molecule has 0 radical (unpaired) electrons. The first-order chi connectivity index (χ1) is 7.14. The summed E-state index contributed by atoms with van der Waals surface area (Å²) in [7, 11) is 0. The monoisotopic (exact) mass is 203 g/mol. The molecule has 1 atom stereocenters. The van der Waals surface area contributed by atoms with Crippen LogP contribution in [0.1, 0.15) is 31.4 Å². The Kier molecular flexibility index (Phi) is 4.10. The lowest BCUT2D eigenvalue weighted by atomic mass is 9.86. The molecule has 0 aliphatic heterocycles. The summed E-state index contributed by atoms with van der Waals surface area (Å²) in [4.78, 5) is 0. The van der Waals surface area contributed by atoms with E-state index in [4.69, 9.17) is 0 Å². The van der Waals surface area contributed by atoms with E-state index >= 15 is 0 Å². The Morgan fingerprint density at radius 3 is 2.60 bits per heavy atom. The fraction of sp³-hybridized carbons (Fsp3) is 0.429. The average Bonchev–Trinajstić information content (AvgIpc) is 2.26. The van der Waals surface area contributed by atoms with Gasteiger partial charge in [-0.2, -0.15) is 0 Å². The van der Waals surface area contributed by atoms with Gasteiger partial charge in [0.15, 0.2) is 0 Å². The summed E-state index contributed by atoms with van der Waals surface area (Å²) in [6, 6.07) is 8.56. The van der Waals surface area contributed by atoms with Crippen LogP contribution in [0.15, 0.2) is 36.9 Å². The van der Waals surface area contributed by atoms with Crippen molar-refractivity contribution in [2.45, 2.75) is 32.7 Å². The van der Waals surface area contributed by atoms with Crippen molar-refractivity contribution in [1.82, 2.24) is 5.32 Å². The van der Waals surface area contributed by atoms with Gasteiger partial charge in [0.2, 0.25) is 0 Å². The first-order valence-electron chi connectivity index (χ1n) is 5.56. The van der Waals surface area contributed by atoms with Crippen molar-refractivity contribution in [3.63, 3.8) is 0 Å². The molecule has 0 bridgehead atoms. The summed E-state index contributed by atoms with van der Waals surface area (Å²) >= 11 is 0. The molecule has 0 aromatic heterocycles. The van der Waals surface area contributed by atoms with Crippen LogP contribution in [0.4, 0.5) is 0 Å². The third kappa shape index (κ3) is 2.69. The second-order valence-corrected chi connectivity index (χ2v) is 4.17. The third-order valence-electron chi connectivity index (χ3n) is 3.08. The van der Waals surface area contributed by atoms with Crippen molar-refractivity contribution >= 4 is 0 Å². The Bertz CT molecular complexity index is 330. The molecule has 0 saturated carbocycles. The lowest BCUT2D eigenvalue weighted by molar-refractivity contribution is 0.369. The molecule has 1 N–H and O–H groups in total. The third-order valence-corrected chi connectivity index (χ3v) is 3.08. The van der Waals surface area contributed by atoms with E-state index in [0.29, 0.717) is 0 Å². The van der Waals surface area contributed by atoms with Gasteiger partial charge in [0.05, 0.1) is 0 Å². The smallest absolute Gasteiger partial charge is 0.0408 e. The summed E-state index contributed by atoms with van der Waals surface area (Å²) in [5.41, 5.74) is 2.78. The van der Waals surface area contributed by atoms with Crippen LogP contribution in [0.3, 0.4) is 0 Å². The molecule has 0 heterocycles. The van der Waals surface area contributed by atoms with Gasteiger partial charge < -0.3 is 5.32 Å². The minimum atomic E-state index is 0.0551.